The maximum absolute atomic E-state index is 3.47. The Hall–Kier alpha value is -0.940. The second-order valence-corrected chi connectivity index (χ2v) is 6.95. The summed E-state index contributed by atoms with van der Waals surface area (Å²) in [6.45, 7) is 16.2. The molecule has 23 heavy (non-hydrogen) atoms. The van der Waals surface area contributed by atoms with Gasteiger partial charge >= 0.3 is 0 Å². The maximum atomic E-state index is 3.47. The molecule has 2 fully saturated rings. The molecular formula is C19H32N4. The molecule has 3 rings (SSSR count). The molecule has 128 valence electrons. The van der Waals surface area contributed by atoms with Crippen LogP contribution in [0.25, 0.3) is 0 Å². The number of hydrogen-bond donors (Lipinski definition) is 1. The van der Waals surface area contributed by atoms with Crippen LogP contribution in [0.2, 0.25) is 0 Å². The Kier molecular flexibility index (Phi) is 6.06. The molecule has 0 spiro atoms. The number of aryl methyl sites for hydroxylation is 1. The van der Waals surface area contributed by atoms with Crippen LogP contribution in [0, 0.1) is 6.92 Å². The molecule has 1 atom stereocenters. The molecule has 2 saturated heterocycles. The highest BCUT2D eigenvalue weighted by molar-refractivity contribution is 5.24. The second-order valence-electron chi connectivity index (χ2n) is 6.95. The Bertz CT molecular complexity index is 459. The fourth-order valence-electron chi connectivity index (χ4n) is 3.75. The van der Waals surface area contributed by atoms with Gasteiger partial charge in [0.05, 0.1) is 0 Å². The predicted molar refractivity (Wildman–Crippen MR) is 96.9 cm³/mol. The highest BCUT2D eigenvalue weighted by Gasteiger charge is 2.26. The van der Waals surface area contributed by atoms with E-state index >= 15 is 0 Å². The summed E-state index contributed by atoms with van der Waals surface area (Å²) in [5.41, 5.74) is 2.84. The molecule has 2 aliphatic rings. The zero-order valence-corrected chi connectivity index (χ0v) is 14.8. The summed E-state index contributed by atoms with van der Waals surface area (Å²) in [5, 5.41) is 3.47. The lowest BCUT2D eigenvalue weighted by Crippen LogP contribution is -2.51. The minimum absolute atomic E-state index is 0.535. The topological polar surface area (TPSA) is 21.8 Å². The molecule has 0 aromatic heterocycles. The van der Waals surface area contributed by atoms with Gasteiger partial charge in [-0.15, -0.1) is 0 Å². The second kappa shape index (κ2) is 8.25. The van der Waals surface area contributed by atoms with Gasteiger partial charge in [-0.1, -0.05) is 36.8 Å². The van der Waals surface area contributed by atoms with E-state index in [4.69, 9.17) is 0 Å². The van der Waals surface area contributed by atoms with Crippen molar-refractivity contribution >= 4 is 0 Å². The van der Waals surface area contributed by atoms with Crippen LogP contribution in [0.1, 0.15) is 24.1 Å². The zero-order valence-electron chi connectivity index (χ0n) is 14.8. The molecule has 1 N–H and O–H groups in total. The molecule has 2 aliphatic heterocycles. The summed E-state index contributed by atoms with van der Waals surface area (Å²) in [7, 11) is 0. The predicted octanol–water partition coefficient (Wildman–Crippen LogP) is 1.58. The van der Waals surface area contributed by atoms with E-state index < -0.39 is 0 Å². The number of nitrogens with zero attached hydrogens (tertiary/aromatic N) is 3. The highest BCUT2D eigenvalue weighted by atomic mass is 15.3. The van der Waals surface area contributed by atoms with Crippen LogP contribution in [0.4, 0.5) is 0 Å². The third-order valence-electron chi connectivity index (χ3n) is 5.40. The lowest BCUT2D eigenvalue weighted by atomic mass is 10.0. The van der Waals surface area contributed by atoms with Gasteiger partial charge in [0.1, 0.15) is 0 Å². The van der Waals surface area contributed by atoms with Gasteiger partial charge in [-0.05, 0) is 19.0 Å². The van der Waals surface area contributed by atoms with Crippen LogP contribution >= 0.6 is 0 Å². The van der Waals surface area contributed by atoms with Gasteiger partial charge in [0.15, 0.2) is 0 Å². The Labute approximate surface area is 141 Å². The highest BCUT2D eigenvalue weighted by Crippen LogP contribution is 2.24. The van der Waals surface area contributed by atoms with Crippen molar-refractivity contribution in [2.24, 2.45) is 0 Å². The van der Waals surface area contributed by atoms with E-state index in [0.29, 0.717) is 6.04 Å². The lowest BCUT2D eigenvalue weighted by molar-refractivity contribution is 0.0737. The number of hydrogen-bond acceptors (Lipinski definition) is 4. The standard InChI is InChI=1S/C19H32N4/c1-3-21-12-14-23(15-13-21)19(16-22-10-8-20-9-11-22)18-6-4-17(2)5-7-18/h4-7,19-20H,3,8-16H2,1-2H3. The Morgan fingerprint density at radius 1 is 0.913 bits per heavy atom. The molecule has 0 bridgehead atoms. The minimum atomic E-state index is 0.535. The Balaban J connectivity index is 1.71. The minimum Gasteiger partial charge on any atom is -0.314 e. The van der Waals surface area contributed by atoms with Crippen LogP contribution in [0.15, 0.2) is 24.3 Å². The molecule has 4 heteroatoms. The largest absolute Gasteiger partial charge is 0.314 e. The van der Waals surface area contributed by atoms with Crippen molar-refractivity contribution in [3.05, 3.63) is 35.4 Å². The molecule has 0 amide bonds. The molecule has 1 unspecified atom stereocenters. The molecule has 1 aromatic carbocycles. The van der Waals surface area contributed by atoms with Crippen LogP contribution in [0.5, 0.6) is 0 Å². The fourth-order valence-corrected chi connectivity index (χ4v) is 3.75. The smallest absolute Gasteiger partial charge is 0.0476 e. The van der Waals surface area contributed by atoms with E-state index in [2.05, 4.69) is 58.1 Å². The molecular weight excluding hydrogens is 284 g/mol. The van der Waals surface area contributed by atoms with Gasteiger partial charge in [0.25, 0.3) is 0 Å². The van der Waals surface area contributed by atoms with Gasteiger partial charge < -0.3 is 10.2 Å². The molecule has 4 nitrogen and oxygen atoms in total. The van der Waals surface area contributed by atoms with E-state index in [1.54, 1.807) is 0 Å². The summed E-state index contributed by atoms with van der Waals surface area (Å²) in [6.07, 6.45) is 0. The molecule has 0 radical (unpaired) electrons. The fraction of sp³-hybridized carbons (Fsp3) is 0.684. The van der Waals surface area contributed by atoms with Gasteiger partial charge in [-0.25, -0.2) is 0 Å². The normalized spacial score (nSPS) is 23.0. The first-order valence-corrected chi connectivity index (χ1v) is 9.22. The zero-order chi connectivity index (χ0) is 16.1. The van der Waals surface area contributed by atoms with E-state index in [1.165, 1.54) is 56.9 Å². The van der Waals surface area contributed by atoms with E-state index in [1.807, 2.05) is 0 Å². The number of likely N-dealkylation sites (N-methyl/N-ethyl adjacent to an activating group) is 1. The van der Waals surface area contributed by atoms with E-state index in [-0.39, 0.29) is 0 Å². The van der Waals surface area contributed by atoms with Crippen molar-refractivity contribution < 1.29 is 0 Å². The summed E-state index contributed by atoms with van der Waals surface area (Å²) < 4.78 is 0. The average molecular weight is 316 g/mol. The number of nitrogens with one attached hydrogen (secondary N) is 1. The Morgan fingerprint density at radius 3 is 2.17 bits per heavy atom. The molecule has 2 heterocycles. The number of rotatable bonds is 5. The van der Waals surface area contributed by atoms with Crippen molar-refractivity contribution in [3.8, 4) is 0 Å². The molecule has 0 aliphatic carbocycles. The summed E-state index contributed by atoms with van der Waals surface area (Å²) in [5.74, 6) is 0. The van der Waals surface area contributed by atoms with Crippen LogP contribution in [-0.2, 0) is 0 Å². The monoisotopic (exact) mass is 316 g/mol. The maximum Gasteiger partial charge on any atom is 0.0476 e. The first kappa shape index (κ1) is 16.9. The van der Waals surface area contributed by atoms with E-state index in [0.717, 1.165) is 19.6 Å². The third kappa shape index (κ3) is 4.54. The third-order valence-corrected chi connectivity index (χ3v) is 5.40. The van der Waals surface area contributed by atoms with E-state index in [9.17, 15) is 0 Å². The average Bonchev–Trinajstić information content (AvgIpc) is 2.62. The van der Waals surface area contributed by atoms with Gasteiger partial charge in [-0.2, -0.15) is 0 Å². The summed E-state index contributed by atoms with van der Waals surface area (Å²) >= 11 is 0. The van der Waals surface area contributed by atoms with Gasteiger partial charge in [0.2, 0.25) is 0 Å². The first-order chi connectivity index (χ1) is 11.3. The first-order valence-electron chi connectivity index (χ1n) is 9.22. The Morgan fingerprint density at radius 2 is 1.57 bits per heavy atom. The van der Waals surface area contributed by atoms with Crippen molar-refractivity contribution in [2.75, 3.05) is 65.4 Å². The summed E-state index contributed by atoms with van der Waals surface area (Å²) in [6, 6.07) is 9.75. The quantitative estimate of drug-likeness (QED) is 0.890. The number of benzene rings is 1. The van der Waals surface area contributed by atoms with Gasteiger partial charge in [0, 0.05) is 64.9 Å². The van der Waals surface area contributed by atoms with Crippen molar-refractivity contribution in [3.63, 3.8) is 0 Å². The van der Waals surface area contributed by atoms with Crippen LogP contribution < -0.4 is 5.32 Å². The van der Waals surface area contributed by atoms with Crippen molar-refractivity contribution in [2.45, 2.75) is 19.9 Å². The summed E-state index contributed by atoms with van der Waals surface area (Å²) in [4.78, 5) is 7.90. The molecule has 1 aromatic rings. The number of piperazine rings is 2. The SMILES string of the molecule is CCN1CCN(C(CN2CCNCC2)c2ccc(C)cc2)CC1. The van der Waals surface area contributed by atoms with Crippen LogP contribution in [-0.4, -0.2) is 80.1 Å². The van der Waals surface area contributed by atoms with Crippen LogP contribution in [0.3, 0.4) is 0 Å². The lowest BCUT2D eigenvalue weighted by Gasteiger charge is -2.41. The van der Waals surface area contributed by atoms with Gasteiger partial charge in [-0.3, -0.25) is 9.80 Å². The van der Waals surface area contributed by atoms with Crippen molar-refractivity contribution in [1.29, 1.82) is 0 Å². The molecule has 0 saturated carbocycles. The van der Waals surface area contributed by atoms with Crippen molar-refractivity contribution in [1.82, 2.24) is 20.0 Å².